The Labute approximate surface area is 168 Å². The molecular weight excluding hydrogens is 350 g/mol. The molecule has 0 spiro atoms. The minimum atomic E-state index is 0.0294. The van der Waals surface area contributed by atoms with Crippen molar-refractivity contribution in [2.45, 2.75) is 39.3 Å². The summed E-state index contributed by atoms with van der Waals surface area (Å²) >= 11 is 0. The number of aromatic nitrogens is 1. The first-order valence-corrected chi connectivity index (χ1v) is 10.0. The molecule has 0 bridgehead atoms. The maximum absolute atomic E-state index is 5.95. The van der Waals surface area contributed by atoms with Gasteiger partial charge in [-0.05, 0) is 56.0 Å². The van der Waals surface area contributed by atoms with E-state index in [1.165, 1.54) is 18.4 Å². The first-order valence-electron chi connectivity index (χ1n) is 10.0. The third-order valence-electron chi connectivity index (χ3n) is 4.81. The number of aryl methyl sites for hydroxylation is 1. The van der Waals surface area contributed by atoms with Gasteiger partial charge in [0.05, 0.1) is 6.54 Å². The van der Waals surface area contributed by atoms with Gasteiger partial charge in [0.25, 0.3) is 0 Å². The van der Waals surface area contributed by atoms with Gasteiger partial charge in [0.15, 0.2) is 5.96 Å². The van der Waals surface area contributed by atoms with Gasteiger partial charge in [0.1, 0.15) is 17.7 Å². The molecule has 3 rings (SSSR count). The van der Waals surface area contributed by atoms with Crippen LogP contribution in [-0.2, 0) is 6.54 Å². The number of benzene rings is 1. The third kappa shape index (κ3) is 5.87. The van der Waals surface area contributed by atoms with Crippen molar-refractivity contribution >= 4 is 11.8 Å². The van der Waals surface area contributed by atoms with E-state index in [4.69, 9.17) is 4.74 Å². The predicted octanol–water partition coefficient (Wildman–Crippen LogP) is 3.12. The molecule has 2 heterocycles. The Morgan fingerprint density at radius 1 is 1.21 bits per heavy atom. The van der Waals surface area contributed by atoms with Crippen molar-refractivity contribution in [2.75, 3.05) is 31.6 Å². The number of nitrogens with one attached hydrogen (secondary N) is 2. The van der Waals surface area contributed by atoms with Crippen molar-refractivity contribution in [2.24, 2.45) is 4.99 Å². The molecule has 1 atom stereocenters. The maximum atomic E-state index is 5.95. The number of ether oxygens (including phenoxy) is 1. The fourth-order valence-corrected chi connectivity index (χ4v) is 3.26. The number of anilines is 1. The van der Waals surface area contributed by atoms with Gasteiger partial charge in [-0.2, -0.15) is 0 Å². The molecule has 1 aliphatic rings. The van der Waals surface area contributed by atoms with Gasteiger partial charge in [-0.25, -0.2) is 4.98 Å². The first kappa shape index (κ1) is 20.0. The van der Waals surface area contributed by atoms with E-state index >= 15 is 0 Å². The fraction of sp³-hybridized carbons (Fsp3) is 0.455. The Hall–Kier alpha value is -2.76. The Morgan fingerprint density at radius 3 is 2.71 bits per heavy atom. The van der Waals surface area contributed by atoms with Crippen LogP contribution in [0.3, 0.4) is 0 Å². The molecule has 2 aromatic rings. The maximum Gasteiger partial charge on any atom is 0.191 e. The average molecular weight is 382 g/mol. The van der Waals surface area contributed by atoms with E-state index in [9.17, 15) is 0 Å². The van der Waals surface area contributed by atoms with Gasteiger partial charge in [-0.1, -0.05) is 18.2 Å². The zero-order valence-electron chi connectivity index (χ0n) is 17.1. The quantitative estimate of drug-likeness (QED) is 0.570. The van der Waals surface area contributed by atoms with Gasteiger partial charge in [0, 0.05) is 32.9 Å². The van der Waals surface area contributed by atoms with Gasteiger partial charge in [-0.15, -0.1) is 0 Å². The molecule has 0 radical (unpaired) electrons. The van der Waals surface area contributed by atoms with Crippen LogP contribution in [0.15, 0.2) is 47.6 Å². The average Bonchev–Trinajstić information content (AvgIpc) is 3.23. The molecule has 0 saturated carbocycles. The topological polar surface area (TPSA) is 61.8 Å². The molecule has 28 heavy (non-hydrogen) atoms. The van der Waals surface area contributed by atoms with Crippen molar-refractivity contribution in [1.82, 2.24) is 15.6 Å². The monoisotopic (exact) mass is 381 g/mol. The Kier molecular flexibility index (Phi) is 7.12. The van der Waals surface area contributed by atoms with E-state index in [1.54, 1.807) is 7.05 Å². The summed E-state index contributed by atoms with van der Waals surface area (Å²) in [5.74, 6) is 2.72. The summed E-state index contributed by atoms with van der Waals surface area (Å²) in [6, 6.07) is 12.3. The highest BCUT2D eigenvalue weighted by molar-refractivity contribution is 5.79. The molecular formula is C22H31N5O. The third-order valence-corrected chi connectivity index (χ3v) is 4.81. The molecule has 150 valence electrons. The van der Waals surface area contributed by atoms with Gasteiger partial charge < -0.3 is 20.3 Å². The van der Waals surface area contributed by atoms with Crippen molar-refractivity contribution in [1.29, 1.82) is 0 Å². The molecule has 1 fully saturated rings. The van der Waals surface area contributed by atoms with Crippen molar-refractivity contribution in [3.8, 4) is 5.75 Å². The number of hydrogen-bond donors (Lipinski definition) is 2. The van der Waals surface area contributed by atoms with E-state index in [1.807, 2.05) is 31.3 Å². The lowest BCUT2D eigenvalue weighted by atomic mass is 10.2. The lowest BCUT2D eigenvalue weighted by Crippen LogP contribution is -2.41. The minimum Gasteiger partial charge on any atom is -0.489 e. The smallest absolute Gasteiger partial charge is 0.191 e. The number of hydrogen-bond acceptors (Lipinski definition) is 4. The van der Waals surface area contributed by atoms with Crippen LogP contribution in [0.5, 0.6) is 5.75 Å². The van der Waals surface area contributed by atoms with Crippen LogP contribution < -0.4 is 20.3 Å². The second-order valence-corrected chi connectivity index (χ2v) is 7.27. The highest BCUT2D eigenvalue weighted by Gasteiger charge is 2.13. The molecule has 6 heteroatoms. The summed E-state index contributed by atoms with van der Waals surface area (Å²) < 4.78 is 5.95. The summed E-state index contributed by atoms with van der Waals surface area (Å²) in [6.45, 7) is 7.69. The van der Waals surface area contributed by atoms with Crippen molar-refractivity contribution in [3.05, 3.63) is 53.7 Å². The number of guanidine groups is 1. The molecule has 1 aromatic carbocycles. The SMILES string of the molecule is CN=C(NCc1ccc(N2CCCC2)nc1)NCC(C)Oc1cccc(C)c1. The summed E-state index contributed by atoms with van der Waals surface area (Å²) in [4.78, 5) is 11.2. The summed E-state index contributed by atoms with van der Waals surface area (Å²) in [7, 11) is 1.77. The summed E-state index contributed by atoms with van der Waals surface area (Å²) in [5, 5.41) is 6.65. The molecule has 1 aromatic heterocycles. The molecule has 1 unspecified atom stereocenters. The van der Waals surface area contributed by atoms with Gasteiger partial charge in [0.2, 0.25) is 0 Å². The second-order valence-electron chi connectivity index (χ2n) is 7.27. The largest absolute Gasteiger partial charge is 0.489 e. The normalized spacial score (nSPS) is 15.4. The Morgan fingerprint density at radius 2 is 2.04 bits per heavy atom. The van der Waals surface area contributed by atoms with Crippen LogP contribution >= 0.6 is 0 Å². The number of pyridine rings is 1. The second kappa shape index (κ2) is 9.97. The molecule has 6 nitrogen and oxygen atoms in total. The first-order chi connectivity index (χ1) is 13.6. The van der Waals surface area contributed by atoms with Crippen LogP contribution in [0.25, 0.3) is 0 Å². The van der Waals surface area contributed by atoms with E-state index in [-0.39, 0.29) is 6.10 Å². The molecule has 1 aliphatic heterocycles. The predicted molar refractivity (Wildman–Crippen MR) is 115 cm³/mol. The van der Waals surface area contributed by atoms with Crippen LogP contribution in [0.1, 0.15) is 30.9 Å². The van der Waals surface area contributed by atoms with Crippen LogP contribution in [-0.4, -0.2) is 43.7 Å². The lowest BCUT2D eigenvalue weighted by molar-refractivity contribution is 0.223. The van der Waals surface area contributed by atoms with E-state index in [2.05, 4.69) is 50.6 Å². The van der Waals surface area contributed by atoms with Gasteiger partial charge >= 0.3 is 0 Å². The Balaban J connectivity index is 1.42. The number of aliphatic imine (C=N–C) groups is 1. The van der Waals surface area contributed by atoms with E-state index in [0.717, 1.165) is 36.2 Å². The zero-order valence-corrected chi connectivity index (χ0v) is 17.1. The highest BCUT2D eigenvalue weighted by Crippen LogP contribution is 2.17. The fourth-order valence-electron chi connectivity index (χ4n) is 3.26. The van der Waals surface area contributed by atoms with E-state index < -0.39 is 0 Å². The van der Waals surface area contributed by atoms with Crippen LogP contribution in [0.2, 0.25) is 0 Å². The molecule has 2 N–H and O–H groups in total. The van der Waals surface area contributed by atoms with E-state index in [0.29, 0.717) is 13.1 Å². The Bertz CT molecular complexity index is 769. The van der Waals surface area contributed by atoms with Gasteiger partial charge in [-0.3, -0.25) is 4.99 Å². The van der Waals surface area contributed by atoms with Crippen molar-refractivity contribution < 1.29 is 4.74 Å². The van der Waals surface area contributed by atoms with Crippen molar-refractivity contribution in [3.63, 3.8) is 0 Å². The minimum absolute atomic E-state index is 0.0294. The zero-order chi connectivity index (χ0) is 19.8. The molecule has 1 saturated heterocycles. The lowest BCUT2D eigenvalue weighted by Gasteiger charge is -2.18. The highest BCUT2D eigenvalue weighted by atomic mass is 16.5. The number of rotatable bonds is 7. The summed E-state index contributed by atoms with van der Waals surface area (Å²) in [6.07, 6.45) is 4.50. The molecule has 0 aliphatic carbocycles. The van der Waals surface area contributed by atoms with Crippen LogP contribution in [0.4, 0.5) is 5.82 Å². The number of nitrogens with zero attached hydrogens (tertiary/aromatic N) is 3. The van der Waals surface area contributed by atoms with Crippen LogP contribution in [0, 0.1) is 6.92 Å². The standard InChI is InChI=1S/C22H31N5O/c1-17-7-6-8-20(13-17)28-18(2)14-25-22(23-3)26-16-19-9-10-21(24-15-19)27-11-4-5-12-27/h6-10,13,15,18H,4-5,11-12,14,16H2,1-3H3,(H2,23,25,26). The summed E-state index contributed by atoms with van der Waals surface area (Å²) in [5.41, 5.74) is 2.33. The molecule has 0 amide bonds.